The predicted octanol–water partition coefficient (Wildman–Crippen LogP) is 0.223. The van der Waals surface area contributed by atoms with E-state index in [2.05, 4.69) is 16.0 Å². The van der Waals surface area contributed by atoms with E-state index in [-0.39, 0.29) is 18.0 Å². The highest BCUT2D eigenvalue weighted by atomic mass is 16.1. The van der Waals surface area contributed by atoms with Crippen LogP contribution in [-0.4, -0.2) is 24.5 Å². The molecule has 116 valence electrons. The van der Waals surface area contributed by atoms with Crippen LogP contribution in [0.15, 0.2) is 24.3 Å². The van der Waals surface area contributed by atoms with Crippen LogP contribution in [0.3, 0.4) is 0 Å². The Kier molecular flexibility index (Phi) is 7.42. The Labute approximate surface area is 125 Å². The van der Waals surface area contributed by atoms with Crippen LogP contribution in [0.5, 0.6) is 0 Å². The third kappa shape index (κ3) is 8.06. The summed E-state index contributed by atoms with van der Waals surface area (Å²) in [6.07, 6.45) is 0.524. The molecule has 0 bridgehead atoms. The van der Waals surface area contributed by atoms with Crippen molar-refractivity contribution in [3.05, 3.63) is 35.4 Å². The van der Waals surface area contributed by atoms with Gasteiger partial charge in [0, 0.05) is 33.5 Å². The van der Waals surface area contributed by atoms with Crippen LogP contribution in [0, 0.1) is 0 Å². The maximum absolute atomic E-state index is 10.8. The molecular weight excluding hydrogens is 268 g/mol. The van der Waals surface area contributed by atoms with Gasteiger partial charge in [-0.2, -0.15) is 0 Å². The molecule has 6 heteroatoms. The smallest absolute Gasteiger partial charge is 0.217 e. The second kappa shape index (κ2) is 9.10. The Morgan fingerprint density at radius 2 is 1.52 bits per heavy atom. The molecule has 5 N–H and O–H groups in total. The molecule has 0 spiro atoms. The molecule has 21 heavy (non-hydrogen) atoms. The van der Waals surface area contributed by atoms with Crippen LogP contribution in [0.1, 0.15) is 31.4 Å². The highest BCUT2D eigenvalue weighted by molar-refractivity contribution is 5.73. The summed E-state index contributed by atoms with van der Waals surface area (Å²) in [5.41, 5.74) is 8.09. The number of hydrogen-bond donors (Lipinski definition) is 4. The van der Waals surface area contributed by atoms with Crippen molar-refractivity contribution in [2.45, 2.75) is 39.5 Å². The normalized spacial score (nSPS) is 11.8. The molecule has 0 saturated heterocycles. The molecular formula is C15H24N4O2. The number of carbonyl (C=O) groups is 2. The van der Waals surface area contributed by atoms with E-state index < -0.39 is 0 Å². The standard InChI is InChI=1S/C15H24N4O2/c1-11(20)17-8-7-15(16)19-10-14-5-3-13(4-6-14)9-18-12(2)21/h3-6,15,19H,7-10,16H2,1-2H3,(H,17,20)(H,18,21). The van der Waals surface area contributed by atoms with Crippen molar-refractivity contribution in [1.82, 2.24) is 16.0 Å². The minimum atomic E-state index is -0.157. The van der Waals surface area contributed by atoms with E-state index in [1.807, 2.05) is 24.3 Å². The number of rotatable bonds is 8. The number of nitrogens with two attached hydrogens (primary N) is 1. The van der Waals surface area contributed by atoms with Crippen LogP contribution in [0.2, 0.25) is 0 Å². The van der Waals surface area contributed by atoms with Gasteiger partial charge in [-0.1, -0.05) is 24.3 Å². The molecule has 1 rings (SSSR count). The summed E-state index contributed by atoms with van der Waals surface area (Å²) in [4.78, 5) is 21.6. The first kappa shape index (κ1) is 17.1. The predicted molar refractivity (Wildman–Crippen MR) is 82.1 cm³/mol. The summed E-state index contributed by atoms with van der Waals surface area (Å²) in [6, 6.07) is 7.97. The molecule has 0 radical (unpaired) electrons. The Morgan fingerprint density at radius 1 is 1.00 bits per heavy atom. The van der Waals surface area contributed by atoms with Gasteiger partial charge in [-0.15, -0.1) is 0 Å². The van der Waals surface area contributed by atoms with E-state index in [0.29, 0.717) is 26.1 Å². The summed E-state index contributed by atoms with van der Waals surface area (Å²) in [6.45, 7) is 4.77. The van der Waals surface area contributed by atoms with Crippen molar-refractivity contribution < 1.29 is 9.59 Å². The highest BCUT2D eigenvalue weighted by Gasteiger charge is 2.02. The molecule has 0 aliphatic carbocycles. The molecule has 1 unspecified atom stereocenters. The lowest BCUT2D eigenvalue weighted by molar-refractivity contribution is -0.119. The van der Waals surface area contributed by atoms with E-state index in [4.69, 9.17) is 5.73 Å². The second-order valence-corrected chi connectivity index (χ2v) is 4.99. The van der Waals surface area contributed by atoms with Gasteiger partial charge in [-0.25, -0.2) is 0 Å². The fourth-order valence-electron chi connectivity index (χ4n) is 1.76. The van der Waals surface area contributed by atoms with Gasteiger partial charge in [0.15, 0.2) is 0 Å². The summed E-state index contributed by atoms with van der Waals surface area (Å²) in [5, 5.41) is 8.67. The SMILES string of the molecule is CC(=O)NCCC(N)NCc1ccc(CNC(C)=O)cc1. The van der Waals surface area contributed by atoms with Crippen molar-refractivity contribution >= 4 is 11.8 Å². The van der Waals surface area contributed by atoms with Gasteiger partial charge in [-0.05, 0) is 17.5 Å². The van der Waals surface area contributed by atoms with Gasteiger partial charge in [-0.3, -0.25) is 14.9 Å². The van der Waals surface area contributed by atoms with Crippen LogP contribution < -0.4 is 21.7 Å². The van der Waals surface area contributed by atoms with Gasteiger partial charge < -0.3 is 16.4 Å². The first-order valence-corrected chi connectivity index (χ1v) is 7.03. The molecule has 0 aliphatic rings. The zero-order valence-corrected chi connectivity index (χ0v) is 12.6. The van der Waals surface area contributed by atoms with Crippen LogP contribution >= 0.6 is 0 Å². The molecule has 2 amide bonds. The van der Waals surface area contributed by atoms with Crippen molar-refractivity contribution in [1.29, 1.82) is 0 Å². The van der Waals surface area contributed by atoms with E-state index >= 15 is 0 Å². The molecule has 6 nitrogen and oxygen atoms in total. The first-order valence-electron chi connectivity index (χ1n) is 7.03. The Bertz CT molecular complexity index is 459. The van der Waals surface area contributed by atoms with E-state index in [0.717, 1.165) is 11.1 Å². The molecule has 0 heterocycles. The van der Waals surface area contributed by atoms with Crippen molar-refractivity contribution in [2.75, 3.05) is 6.54 Å². The second-order valence-electron chi connectivity index (χ2n) is 4.99. The van der Waals surface area contributed by atoms with E-state index in [9.17, 15) is 9.59 Å². The van der Waals surface area contributed by atoms with Gasteiger partial charge in [0.2, 0.25) is 11.8 Å². The molecule has 1 atom stereocenters. The van der Waals surface area contributed by atoms with E-state index in [1.54, 1.807) is 0 Å². The molecule has 0 aromatic heterocycles. The van der Waals surface area contributed by atoms with Crippen molar-refractivity contribution in [3.63, 3.8) is 0 Å². The summed E-state index contributed by atoms with van der Waals surface area (Å²) in [7, 11) is 0. The fourth-order valence-corrected chi connectivity index (χ4v) is 1.76. The summed E-state index contributed by atoms with van der Waals surface area (Å²) < 4.78 is 0. The maximum Gasteiger partial charge on any atom is 0.217 e. The Morgan fingerprint density at radius 3 is 2.05 bits per heavy atom. The minimum absolute atomic E-state index is 0.0362. The largest absolute Gasteiger partial charge is 0.356 e. The number of benzene rings is 1. The molecule has 0 fully saturated rings. The van der Waals surface area contributed by atoms with Gasteiger partial charge in [0.05, 0.1) is 6.17 Å². The topological polar surface area (TPSA) is 96.2 Å². The fraction of sp³-hybridized carbons (Fsp3) is 0.467. The zero-order chi connectivity index (χ0) is 15.7. The zero-order valence-electron chi connectivity index (χ0n) is 12.6. The lowest BCUT2D eigenvalue weighted by atomic mass is 10.1. The third-order valence-corrected chi connectivity index (χ3v) is 2.96. The average Bonchev–Trinajstić information content (AvgIpc) is 2.43. The van der Waals surface area contributed by atoms with Crippen molar-refractivity contribution in [2.24, 2.45) is 5.73 Å². The maximum atomic E-state index is 10.8. The molecule has 1 aromatic rings. The highest BCUT2D eigenvalue weighted by Crippen LogP contribution is 2.04. The van der Waals surface area contributed by atoms with Crippen LogP contribution in [0.25, 0.3) is 0 Å². The number of hydrogen-bond acceptors (Lipinski definition) is 4. The first-order chi connectivity index (χ1) is 9.97. The van der Waals surface area contributed by atoms with Crippen LogP contribution in [-0.2, 0) is 22.7 Å². The van der Waals surface area contributed by atoms with Gasteiger partial charge in [0.1, 0.15) is 0 Å². The lowest BCUT2D eigenvalue weighted by Crippen LogP contribution is -2.39. The monoisotopic (exact) mass is 292 g/mol. The van der Waals surface area contributed by atoms with Crippen molar-refractivity contribution in [3.8, 4) is 0 Å². The summed E-state index contributed by atoms with van der Waals surface area (Å²) in [5.74, 6) is -0.0807. The number of nitrogens with one attached hydrogen (secondary N) is 3. The minimum Gasteiger partial charge on any atom is -0.356 e. The lowest BCUT2D eigenvalue weighted by Gasteiger charge is -2.14. The third-order valence-electron chi connectivity index (χ3n) is 2.96. The Balaban J connectivity index is 2.28. The Hall–Kier alpha value is -1.92. The average molecular weight is 292 g/mol. The van der Waals surface area contributed by atoms with Gasteiger partial charge >= 0.3 is 0 Å². The number of amides is 2. The number of carbonyl (C=O) groups excluding carboxylic acids is 2. The quantitative estimate of drug-likeness (QED) is 0.516. The summed E-state index contributed by atoms with van der Waals surface area (Å²) >= 11 is 0. The molecule has 0 aliphatic heterocycles. The molecule has 1 aromatic carbocycles. The van der Waals surface area contributed by atoms with Crippen LogP contribution in [0.4, 0.5) is 0 Å². The molecule has 0 saturated carbocycles. The van der Waals surface area contributed by atoms with Gasteiger partial charge in [0.25, 0.3) is 0 Å². The van der Waals surface area contributed by atoms with E-state index in [1.165, 1.54) is 13.8 Å².